The first-order valence-electron chi connectivity index (χ1n) is 8.57. The molecule has 0 amide bonds. The van der Waals surface area contributed by atoms with Crippen molar-refractivity contribution in [1.82, 2.24) is 9.99 Å². The predicted molar refractivity (Wildman–Crippen MR) is 96.2 cm³/mol. The number of hydrogen-bond acceptors (Lipinski definition) is 4. The molecule has 0 N–H and O–H groups in total. The summed E-state index contributed by atoms with van der Waals surface area (Å²) in [5.74, 6) is 0.638. The molecule has 128 valence electrons. The minimum absolute atomic E-state index is 0.0955. The lowest BCUT2D eigenvalue weighted by atomic mass is 9.96. The van der Waals surface area contributed by atoms with E-state index in [0.717, 1.165) is 34.6 Å². The summed E-state index contributed by atoms with van der Waals surface area (Å²) in [6.07, 6.45) is 3.97. The summed E-state index contributed by atoms with van der Waals surface area (Å²) in [6, 6.07) is 18.6. The van der Waals surface area contributed by atoms with E-state index >= 15 is 0 Å². The molecule has 5 rings (SSSR count). The molecule has 0 fully saturated rings. The van der Waals surface area contributed by atoms with Crippen LogP contribution in [0, 0.1) is 5.82 Å². The molecule has 4 nitrogen and oxygen atoms in total. The van der Waals surface area contributed by atoms with Gasteiger partial charge in [-0.1, -0.05) is 30.3 Å². The summed E-state index contributed by atoms with van der Waals surface area (Å²) in [6.45, 7) is 0. The largest absolute Gasteiger partial charge is 0.464 e. The van der Waals surface area contributed by atoms with Crippen LogP contribution in [-0.4, -0.2) is 15.7 Å². The highest BCUT2D eigenvalue weighted by Crippen LogP contribution is 2.47. The average Bonchev–Trinajstić information content (AvgIpc) is 3.14. The molecule has 0 radical (unpaired) electrons. The third-order valence-electron chi connectivity index (χ3n) is 4.87. The monoisotopic (exact) mass is 345 g/mol. The zero-order valence-corrected chi connectivity index (χ0v) is 13.9. The third-order valence-corrected chi connectivity index (χ3v) is 4.87. The number of aromatic nitrogens is 1. The first kappa shape index (κ1) is 15.1. The number of halogens is 1. The Hall–Kier alpha value is -3.21. The van der Waals surface area contributed by atoms with E-state index in [2.05, 4.69) is 11.1 Å². The number of hydrazone groups is 1. The van der Waals surface area contributed by atoms with Crippen molar-refractivity contribution in [1.29, 1.82) is 0 Å². The van der Waals surface area contributed by atoms with Gasteiger partial charge in [0.15, 0.2) is 0 Å². The molecular weight excluding hydrogens is 329 g/mol. The van der Waals surface area contributed by atoms with Crippen molar-refractivity contribution in [3.05, 3.63) is 95.6 Å². The van der Waals surface area contributed by atoms with E-state index in [0.29, 0.717) is 0 Å². The van der Waals surface area contributed by atoms with Gasteiger partial charge < -0.3 is 4.74 Å². The Morgan fingerprint density at radius 2 is 1.73 bits per heavy atom. The molecular formula is C21H16FN3O. The van der Waals surface area contributed by atoms with Crippen LogP contribution in [0.2, 0.25) is 0 Å². The normalized spacial score (nSPS) is 20.8. The molecule has 2 unspecified atom stereocenters. The molecule has 5 heteroatoms. The molecule has 0 aliphatic carbocycles. The van der Waals surface area contributed by atoms with Crippen molar-refractivity contribution < 1.29 is 9.13 Å². The number of hydrogen-bond donors (Lipinski definition) is 0. The van der Waals surface area contributed by atoms with Crippen LogP contribution in [0.1, 0.15) is 35.4 Å². The van der Waals surface area contributed by atoms with E-state index in [4.69, 9.17) is 9.84 Å². The fraction of sp³-hybridized carbons (Fsp3) is 0.143. The van der Waals surface area contributed by atoms with Gasteiger partial charge >= 0.3 is 0 Å². The van der Waals surface area contributed by atoms with Crippen LogP contribution in [0.15, 0.2) is 78.2 Å². The van der Waals surface area contributed by atoms with Gasteiger partial charge in [0.2, 0.25) is 6.23 Å². The maximum atomic E-state index is 13.3. The van der Waals surface area contributed by atoms with Crippen molar-refractivity contribution in [3.8, 4) is 5.75 Å². The summed E-state index contributed by atoms with van der Waals surface area (Å²) >= 11 is 0. The predicted octanol–water partition coefficient (Wildman–Crippen LogP) is 4.46. The second-order valence-corrected chi connectivity index (χ2v) is 6.44. The molecule has 3 heterocycles. The van der Waals surface area contributed by atoms with Crippen molar-refractivity contribution in [2.75, 3.05) is 0 Å². The molecule has 1 aromatic heterocycles. The number of benzene rings is 2. The summed E-state index contributed by atoms with van der Waals surface area (Å²) in [7, 11) is 0. The molecule has 2 atom stereocenters. The van der Waals surface area contributed by atoms with E-state index in [1.807, 2.05) is 35.3 Å². The Labute approximate surface area is 150 Å². The lowest BCUT2D eigenvalue weighted by molar-refractivity contribution is -0.0190. The standard InChI is InChI=1S/C21H16FN3O/c22-16-7-5-14(6-8-16)18-13-19-17-3-1-2-4-20(17)26-21(25(19)24-18)15-9-11-23-12-10-15/h1-12,19,21H,13H2. The summed E-state index contributed by atoms with van der Waals surface area (Å²) in [5.41, 5.74) is 4.00. The zero-order valence-electron chi connectivity index (χ0n) is 13.9. The van der Waals surface area contributed by atoms with Crippen LogP contribution < -0.4 is 4.74 Å². The Balaban J connectivity index is 1.59. The van der Waals surface area contributed by atoms with Crippen molar-refractivity contribution in [3.63, 3.8) is 0 Å². The zero-order chi connectivity index (χ0) is 17.5. The first-order valence-corrected chi connectivity index (χ1v) is 8.57. The fourth-order valence-corrected chi connectivity index (χ4v) is 3.60. The third kappa shape index (κ3) is 2.44. The van der Waals surface area contributed by atoms with Crippen LogP contribution in [-0.2, 0) is 0 Å². The molecule has 26 heavy (non-hydrogen) atoms. The van der Waals surface area contributed by atoms with Crippen LogP contribution in [0.25, 0.3) is 0 Å². The highest BCUT2D eigenvalue weighted by Gasteiger charge is 2.40. The van der Waals surface area contributed by atoms with Gasteiger partial charge in [-0.25, -0.2) is 9.40 Å². The fourth-order valence-electron chi connectivity index (χ4n) is 3.60. The Kier molecular flexibility index (Phi) is 3.45. The van der Waals surface area contributed by atoms with Gasteiger partial charge in [-0.05, 0) is 35.9 Å². The molecule has 3 aromatic rings. The quantitative estimate of drug-likeness (QED) is 0.688. The van der Waals surface area contributed by atoms with E-state index in [1.165, 1.54) is 12.1 Å². The number of nitrogens with zero attached hydrogens (tertiary/aromatic N) is 3. The van der Waals surface area contributed by atoms with Gasteiger partial charge in [-0.3, -0.25) is 4.98 Å². The molecule has 2 aliphatic rings. The van der Waals surface area contributed by atoms with E-state index in [-0.39, 0.29) is 18.1 Å². The van der Waals surface area contributed by atoms with Crippen molar-refractivity contribution in [2.24, 2.45) is 5.10 Å². The lowest BCUT2D eigenvalue weighted by Gasteiger charge is -2.38. The van der Waals surface area contributed by atoms with Gasteiger partial charge in [0.25, 0.3) is 0 Å². The molecule has 0 bridgehead atoms. The first-order chi connectivity index (χ1) is 12.8. The number of rotatable bonds is 2. The van der Waals surface area contributed by atoms with Crippen LogP contribution >= 0.6 is 0 Å². The minimum atomic E-state index is -0.309. The van der Waals surface area contributed by atoms with Gasteiger partial charge in [0.05, 0.1) is 11.8 Å². The Bertz CT molecular complexity index is 972. The number of ether oxygens (including phenoxy) is 1. The molecule has 0 saturated heterocycles. The summed E-state index contributed by atoms with van der Waals surface area (Å²) in [4.78, 5) is 4.10. The van der Waals surface area contributed by atoms with Crippen LogP contribution in [0.5, 0.6) is 5.75 Å². The van der Waals surface area contributed by atoms with E-state index < -0.39 is 0 Å². The number of fused-ring (bicyclic) bond motifs is 3. The van der Waals surface area contributed by atoms with Gasteiger partial charge in [-0.2, -0.15) is 5.10 Å². The average molecular weight is 345 g/mol. The Morgan fingerprint density at radius 1 is 0.962 bits per heavy atom. The topological polar surface area (TPSA) is 37.7 Å². The van der Waals surface area contributed by atoms with Gasteiger partial charge in [0, 0.05) is 29.9 Å². The SMILES string of the molecule is Fc1ccc(C2=NN3C(C2)c2ccccc2OC3c2ccncc2)cc1. The summed E-state index contributed by atoms with van der Waals surface area (Å²) in [5, 5.41) is 6.86. The maximum Gasteiger partial charge on any atom is 0.213 e. The highest BCUT2D eigenvalue weighted by molar-refractivity contribution is 6.01. The van der Waals surface area contributed by atoms with Gasteiger partial charge in [-0.15, -0.1) is 0 Å². The minimum Gasteiger partial charge on any atom is -0.464 e. The van der Waals surface area contributed by atoms with Crippen molar-refractivity contribution in [2.45, 2.75) is 18.7 Å². The molecule has 2 aliphatic heterocycles. The summed E-state index contributed by atoms with van der Waals surface area (Å²) < 4.78 is 19.5. The highest BCUT2D eigenvalue weighted by atomic mass is 19.1. The number of pyridine rings is 1. The molecule has 0 saturated carbocycles. The second kappa shape index (κ2) is 5.95. The molecule has 0 spiro atoms. The van der Waals surface area contributed by atoms with E-state index in [1.54, 1.807) is 24.5 Å². The lowest BCUT2D eigenvalue weighted by Crippen LogP contribution is -2.33. The maximum absolute atomic E-state index is 13.3. The van der Waals surface area contributed by atoms with Crippen LogP contribution in [0.3, 0.4) is 0 Å². The van der Waals surface area contributed by atoms with Gasteiger partial charge in [0.1, 0.15) is 11.6 Å². The van der Waals surface area contributed by atoms with Crippen molar-refractivity contribution >= 4 is 5.71 Å². The number of para-hydroxylation sites is 1. The second-order valence-electron chi connectivity index (χ2n) is 6.44. The molecule has 2 aromatic carbocycles. The Morgan fingerprint density at radius 3 is 2.54 bits per heavy atom. The van der Waals surface area contributed by atoms with Crippen LogP contribution in [0.4, 0.5) is 4.39 Å². The van der Waals surface area contributed by atoms with E-state index in [9.17, 15) is 4.39 Å². The smallest absolute Gasteiger partial charge is 0.213 e.